The van der Waals surface area contributed by atoms with Crippen LogP contribution in [0.1, 0.15) is 41.0 Å². The zero-order valence-corrected chi connectivity index (χ0v) is 15.1. The Morgan fingerprint density at radius 3 is 2.33 bits per heavy atom. The van der Waals surface area contributed by atoms with E-state index in [0.717, 1.165) is 12.6 Å². The van der Waals surface area contributed by atoms with E-state index in [1.165, 1.54) is 19.1 Å². The molecule has 0 heterocycles. The van der Waals surface area contributed by atoms with Crippen LogP contribution in [0.4, 0.5) is 0 Å². The van der Waals surface area contributed by atoms with Crippen molar-refractivity contribution < 1.29 is 10.1 Å². The number of hydrogen-bond acceptors (Lipinski definition) is 7. The third kappa shape index (κ3) is 7.87. The first-order valence-corrected chi connectivity index (χ1v) is 7.68. The lowest BCUT2D eigenvalue weighted by molar-refractivity contribution is -0.415. The van der Waals surface area contributed by atoms with E-state index in [4.69, 9.17) is 16.4 Å². The maximum Gasteiger partial charge on any atom is 0.293 e. The van der Waals surface area contributed by atoms with Gasteiger partial charge in [0.25, 0.3) is 5.70 Å². The van der Waals surface area contributed by atoms with Gasteiger partial charge in [0.15, 0.2) is 5.71 Å². The van der Waals surface area contributed by atoms with Crippen LogP contribution in [0.3, 0.4) is 0 Å². The van der Waals surface area contributed by atoms with Crippen LogP contribution in [0.25, 0.3) is 0 Å². The molecule has 5 N–H and O–H groups in total. The molecule has 0 rings (SSSR count). The minimum absolute atomic E-state index is 0.00707. The van der Waals surface area contributed by atoms with E-state index in [1.54, 1.807) is 0 Å². The van der Waals surface area contributed by atoms with Crippen LogP contribution in [0, 0.1) is 26.4 Å². The molecular weight excluding hydrogens is 310 g/mol. The van der Waals surface area contributed by atoms with Crippen molar-refractivity contribution >= 4 is 11.9 Å². The van der Waals surface area contributed by atoms with E-state index < -0.39 is 4.92 Å². The van der Waals surface area contributed by atoms with Crippen molar-refractivity contribution in [3.8, 4) is 0 Å². The van der Waals surface area contributed by atoms with Crippen molar-refractivity contribution in [2.45, 2.75) is 41.0 Å². The number of hydrogen-bond donors (Lipinski definition) is 4. The fourth-order valence-electron chi connectivity index (χ4n) is 2.46. The number of allylic oxidation sites excluding steroid dienone is 4. The second kappa shape index (κ2) is 9.17. The summed E-state index contributed by atoms with van der Waals surface area (Å²) in [5.74, 6) is 0. The summed E-state index contributed by atoms with van der Waals surface area (Å²) in [6, 6.07) is 0. The fourth-order valence-corrected chi connectivity index (χ4v) is 2.46. The molecule has 0 fully saturated rings. The van der Waals surface area contributed by atoms with Gasteiger partial charge in [-0.3, -0.25) is 10.1 Å². The van der Waals surface area contributed by atoms with Crippen molar-refractivity contribution in [1.29, 1.82) is 5.41 Å². The number of oxime groups is 1. The Morgan fingerprint density at radius 1 is 1.33 bits per heavy atom. The van der Waals surface area contributed by atoms with E-state index in [0.29, 0.717) is 18.8 Å². The molecule has 0 unspecified atom stereocenters. The summed E-state index contributed by atoms with van der Waals surface area (Å²) in [7, 11) is 0. The third-order valence-corrected chi connectivity index (χ3v) is 3.57. The highest BCUT2D eigenvalue weighted by atomic mass is 16.6. The van der Waals surface area contributed by atoms with E-state index in [9.17, 15) is 10.1 Å². The normalized spacial score (nSPS) is 14.5. The lowest BCUT2D eigenvalue weighted by Crippen LogP contribution is -2.36. The molecule has 0 saturated heterocycles. The molecule has 0 aromatic carbocycles. The van der Waals surface area contributed by atoms with E-state index in [1.807, 2.05) is 0 Å². The smallest absolute Gasteiger partial charge is 0.293 e. The van der Waals surface area contributed by atoms with Gasteiger partial charge >= 0.3 is 0 Å². The van der Waals surface area contributed by atoms with Crippen LogP contribution in [0.5, 0.6) is 0 Å². The summed E-state index contributed by atoms with van der Waals surface area (Å²) >= 11 is 0. The van der Waals surface area contributed by atoms with Gasteiger partial charge in [-0.25, -0.2) is 0 Å². The van der Waals surface area contributed by atoms with Gasteiger partial charge in [0.2, 0.25) is 0 Å². The van der Waals surface area contributed by atoms with Gasteiger partial charge < -0.3 is 21.7 Å². The first kappa shape index (κ1) is 21.8. The molecule has 0 atom stereocenters. The predicted molar refractivity (Wildman–Crippen MR) is 96.1 cm³/mol. The first-order chi connectivity index (χ1) is 11.0. The minimum Gasteiger partial charge on any atom is -0.410 e. The van der Waals surface area contributed by atoms with Crippen LogP contribution in [-0.4, -0.2) is 35.1 Å². The molecule has 136 valence electrons. The SMILES string of the molecule is CC(=N\O)/C(=C\C=C(/C=N)NCC(C)(C)CC(C)(C)CN)[N+](=O)[O-]. The molecule has 0 radical (unpaired) electrons. The summed E-state index contributed by atoms with van der Waals surface area (Å²) in [5, 5.41) is 33.0. The van der Waals surface area contributed by atoms with Gasteiger partial charge in [-0.05, 0) is 36.8 Å². The number of nitrogens with one attached hydrogen (secondary N) is 2. The predicted octanol–water partition coefficient (Wildman–Crippen LogP) is 2.52. The number of rotatable bonds is 10. The highest BCUT2D eigenvalue weighted by Crippen LogP contribution is 2.32. The third-order valence-electron chi connectivity index (χ3n) is 3.57. The van der Waals surface area contributed by atoms with E-state index in [-0.39, 0.29) is 22.2 Å². The molecule has 0 aromatic rings. The van der Waals surface area contributed by atoms with Crippen molar-refractivity contribution in [1.82, 2.24) is 5.32 Å². The monoisotopic (exact) mass is 339 g/mol. The zero-order valence-electron chi connectivity index (χ0n) is 15.1. The van der Waals surface area contributed by atoms with Crippen LogP contribution in [-0.2, 0) is 0 Å². The van der Waals surface area contributed by atoms with Crippen molar-refractivity contribution in [3.05, 3.63) is 33.7 Å². The summed E-state index contributed by atoms with van der Waals surface area (Å²) in [6.45, 7) is 10.9. The van der Waals surface area contributed by atoms with Crippen LogP contribution in [0.15, 0.2) is 28.7 Å². The summed E-state index contributed by atoms with van der Waals surface area (Å²) in [5.41, 5.74) is 5.71. The quantitative estimate of drug-likeness (QED) is 0.159. The van der Waals surface area contributed by atoms with Crippen molar-refractivity contribution in [3.63, 3.8) is 0 Å². The molecule has 24 heavy (non-hydrogen) atoms. The molecule has 0 aliphatic carbocycles. The molecule has 0 aliphatic rings. The Labute approximate surface area is 143 Å². The second-order valence-corrected chi connectivity index (χ2v) is 7.32. The topological polar surface area (TPSA) is 138 Å². The molecular formula is C16H29N5O3. The molecule has 0 saturated carbocycles. The largest absolute Gasteiger partial charge is 0.410 e. The van der Waals surface area contributed by atoms with E-state index in [2.05, 4.69) is 38.2 Å². The van der Waals surface area contributed by atoms with Crippen LogP contribution < -0.4 is 11.1 Å². The first-order valence-electron chi connectivity index (χ1n) is 7.68. The average Bonchev–Trinajstić information content (AvgIpc) is 2.48. The molecule has 0 bridgehead atoms. The van der Waals surface area contributed by atoms with Crippen LogP contribution >= 0.6 is 0 Å². The summed E-state index contributed by atoms with van der Waals surface area (Å²) in [6.07, 6.45) is 4.61. The summed E-state index contributed by atoms with van der Waals surface area (Å²) < 4.78 is 0. The molecule has 8 heteroatoms. The van der Waals surface area contributed by atoms with Crippen LogP contribution in [0.2, 0.25) is 0 Å². The van der Waals surface area contributed by atoms with Gasteiger partial charge in [0.05, 0.1) is 10.6 Å². The van der Waals surface area contributed by atoms with Gasteiger partial charge in [-0.2, -0.15) is 0 Å². The van der Waals surface area contributed by atoms with Gasteiger partial charge in [-0.15, -0.1) is 0 Å². The zero-order chi connectivity index (χ0) is 19.0. The second-order valence-electron chi connectivity index (χ2n) is 7.32. The highest BCUT2D eigenvalue weighted by molar-refractivity contribution is 5.95. The molecule has 0 aromatic heterocycles. The lowest BCUT2D eigenvalue weighted by Gasteiger charge is -2.34. The Morgan fingerprint density at radius 2 is 1.92 bits per heavy atom. The fraction of sp³-hybridized carbons (Fsp3) is 0.625. The van der Waals surface area contributed by atoms with Gasteiger partial charge in [-0.1, -0.05) is 32.9 Å². The Kier molecular flexibility index (Phi) is 8.32. The lowest BCUT2D eigenvalue weighted by atomic mass is 9.75. The Balaban J connectivity index is 5.11. The average molecular weight is 339 g/mol. The number of nitrogens with zero attached hydrogens (tertiary/aromatic N) is 2. The Bertz CT molecular complexity index is 548. The molecule has 0 amide bonds. The van der Waals surface area contributed by atoms with Gasteiger partial charge in [0.1, 0.15) is 0 Å². The number of nitro groups is 1. The van der Waals surface area contributed by atoms with E-state index >= 15 is 0 Å². The minimum atomic E-state index is -0.638. The molecule has 0 aliphatic heterocycles. The van der Waals surface area contributed by atoms with Gasteiger partial charge in [0, 0.05) is 18.8 Å². The molecule has 8 nitrogen and oxygen atoms in total. The maximum atomic E-state index is 10.9. The maximum absolute atomic E-state index is 10.9. The van der Waals surface area contributed by atoms with Crippen molar-refractivity contribution in [2.24, 2.45) is 21.7 Å². The van der Waals surface area contributed by atoms with Crippen molar-refractivity contribution in [2.75, 3.05) is 13.1 Å². The Hall–Kier alpha value is -2.22. The number of nitrogens with two attached hydrogens (primary N) is 1. The highest BCUT2D eigenvalue weighted by Gasteiger charge is 2.27. The summed E-state index contributed by atoms with van der Waals surface area (Å²) in [4.78, 5) is 10.3. The molecule has 0 spiro atoms. The standard InChI is InChI=1S/C16H29N5O3/c1-12(20-22)14(21(23)24)7-6-13(8-17)19-11-16(4,5)9-15(2,3)10-18/h6-8,17,19,22H,9-11,18H2,1-5H3/b13-6+,14-7+,17-8?,20-12+.